The predicted molar refractivity (Wildman–Crippen MR) is 84.5 cm³/mol. The number of hydrogen-bond donors (Lipinski definition) is 1. The molecule has 0 spiro atoms. The third kappa shape index (κ3) is 2.53. The van der Waals surface area contributed by atoms with Crippen molar-refractivity contribution in [3.05, 3.63) is 59.8 Å². The molecule has 0 aliphatic rings. The van der Waals surface area contributed by atoms with Crippen LogP contribution in [0.3, 0.4) is 0 Å². The van der Waals surface area contributed by atoms with Gasteiger partial charge in [-0.15, -0.1) is 0 Å². The molecule has 2 aromatic heterocycles. The summed E-state index contributed by atoms with van der Waals surface area (Å²) in [6.07, 6.45) is 3.46. The number of rotatable bonds is 2. The van der Waals surface area contributed by atoms with Crippen molar-refractivity contribution in [2.75, 3.05) is 5.73 Å². The smallest absolute Gasteiger partial charge is 0.220 e. The van der Waals surface area contributed by atoms with Gasteiger partial charge in [-0.2, -0.15) is 0 Å². The van der Waals surface area contributed by atoms with Crippen LogP contribution in [0.5, 0.6) is 0 Å². The molecule has 0 fully saturated rings. The van der Waals surface area contributed by atoms with Gasteiger partial charge >= 0.3 is 0 Å². The van der Waals surface area contributed by atoms with Gasteiger partial charge in [0.2, 0.25) is 5.95 Å². The molecule has 0 aliphatic heterocycles. The van der Waals surface area contributed by atoms with E-state index in [0.717, 1.165) is 22.4 Å². The Balaban J connectivity index is 2.28. The number of hydrogen-bond acceptors (Lipinski definition) is 4. The lowest BCUT2D eigenvalue weighted by molar-refractivity contribution is 0.619. The van der Waals surface area contributed by atoms with E-state index in [1.54, 1.807) is 31.5 Å². The van der Waals surface area contributed by atoms with Crippen LogP contribution in [0.2, 0.25) is 0 Å². The summed E-state index contributed by atoms with van der Waals surface area (Å²) in [6, 6.07) is 8.69. The zero-order chi connectivity index (χ0) is 15.7. The predicted octanol–water partition coefficient (Wildman–Crippen LogP) is 3.54. The Bertz CT molecular complexity index is 832. The van der Waals surface area contributed by atoms with E-state index < -0.39 is 0 Å². The van der Waals surface area contributed by atoms with E-state index >= 15 is 0 Å². The molecule has 0 saturated carbocycles. The van der Waals surface area contributed by atoms with Gasteiger partial charge in [0.15, 0.2) is 0 Å². The minimum Gasteiger partial charge on any atom is -0.368 e. The molecule has 0 unspecified atom stereocenters. The van der Waals surface area contributed by atoms with E-state index in [1.807, 2.05) is 19.1 Å². The van der Waals surface area contributed by atoms with E-state index in [2.05, 4.69) is 15.0 Å². The summed E-state index contributed by atoms with van der Waals surface area (Å²) in [7, 11) is 0. The average Bonchev–Trinajstić information content (AvgIpc) is 2.50. The molecule has 0 radical (unpaired) electrons. The molecule has 2 heterocycles. The zero-order valence-corrected chi connectivity index (χ0v) is 12.3. The second kappa shape index (κ2) is 5.52. The summed E-state index contributed by atoms with van der Waals surface area (Å²) in [5, 5.41) is 0. The maximum Gasteiger partial charge on any atom is 0.220 e. The van der Waals surface area contributed by atoms with E-state index in [0.29, 0.717) is 11.3 Å². The maximum absolute atomic E-state index is 13.5. The number of pyridine rings is 1. The van der Waals surface area contributed by atoms with Crippen molar-refractivity contribution in [2.24, 2.45) is 0 Å². The Morgan fingerprint density at radius 2 is 1.86 bits per heavy atom. The normalized spacial score (nSPS) is 10.7. The Labute approximate surface area is 127 Å². The molecule has 110 valence electrons. The van der Waals surface area contributed by atoms with Gasteiger partial charge in [-0.3, -0.25) is 4.98 Å². The van der Waals surface area contributed by atoms with Gasteiger partial charge in [0.25, 0.3) is 0 Å². The minimum atomic E-state index is -0.245. The summed E-state index contributed by atoms with van der Waals surface area (Å²) in [5.74, 6) is -0.0486. The Hall–Kier alpha value is -2.82. The number of nitrogen functional groups attached to an aromatic ring is 1. The molecular formula is C17H15FN4. The lowest BCUT2D eigenvalue weighted by atomic mass is 9.98. The summed E-state index contributed by atoms with van der Waals surface area (Å²) < 4.78 is 13.5. The lowest BCUT2D eigenvalue weighted by Crippen LogP contribution is -2.02. The summed E-state index contributed by atoms with van der Waals surface area (Å²) in [5.41, 5.74) is 10.4. The first-order valence-corrected chi connectivity index (χ1v) is 6.87. The third-order valence-electron chi connectivity index (χ3n) is 3.49. The Morgan fingerprint density at radius 1 is 1.05 bits per heavy atom. The second-order valence-electron chi connectivity index (χ2n) is 5.10. The molecule has 4 nitrogen and oxygen atoms in total. The van der Waals surface area contributed by atoms with Crippen molar-refractivity contribution in [3.8, 4) is 22.4 Å². The van der Waals surface area contributed by atoms with Crippen LogP contribution in [0.4, 0.5) is 10.3 Å². The van der Waals surface area contributed by atoms with Crippen LogP contribution >= 0.6 is 0 Å². The van der Waals surface area contributed by atoms with Crippen LogP contribution in [-0.2, 0) is 0 Å². The summed E-state index contributed by atoms with van der Waals surface area (Å²) in [4.78, 5) is 12.8. The molecule has 0 atom stereocenters. The first-order chi connectivity index (χ1) is 10.6. The molecule has 3 aromatic rings. The number of aryl methyl sites for hydroxylation is 2. The molecule has 2 N–H and O–H groups in total. The molecular weight excluding hydrogens is 279 g/mol. The Morgan fingerprint density at radius 3 is 2.55 bits per heavy atom. The topological polar surface area (TPSA) is 64.7 Å². The first-order valence-electron chi connectivity index (χ1n) is 6.87. The fraction of sp³-hybridized carbons (Fsp3) is 0.118. The van der Waals surface area contributed by atoms with E-state index in [9.17, 15) is 4.39 Å². The van der Waals surface area contributed by atoms with Gasteiger partial charge in [-0.1, -0.05) is 6.07 Å². The van der Waals surface area contributed by atoms with Crippen LogP contribution in [0, 0.1) is 19.7 Å². The molecule has 22 heavy (non-hydrogen) atoms. The Kier molecular flexibility index (Phi) is 3.55. The monoisotopic (exact) mass is 294 g/mol. The van der Waals surface area contributed by atoms with Crippen molar-refractivity contribution in [1.82, 2.24) is 15.0 Å². The summed E-state index contributed by atoms with van der Waals surface area (Å²) in [6.45, 7) is 3.60. The van der Waals surface area contributed by atoms with Gasteiger partial charge in [-0.05, 0) is 43.7 Å². The molecule has 5 heteroatoms. The standard InChI is InChI=1S/C17H15FN4/c1-10-8-12(5-6-14(10)18)16-15(11(2)21-17(19)22-16)13-4-3-7-20-9-13/h3-9H,1-2H3,(H2,19,21,22). The van der Waals surface area contributed by atoms with Gasteiger partial charge in [0.05, 0.1) is 11.4 Å². The molecule has 0 aliphatic carbocycles. The number of nitrogens with two attached hydrogens (primary N) is 1. The van der Waals surface area contributed by atoms with Crippen LogP contribution in [0.15, 0.2) is 42.7 Å². The molecule has 0 saturated heterocycles. The number of anilines is 1. The SMILES string of the molecule is Cc1cc(-c2nc(N)nc(C)c2-c2cccnc2)ccc1F. The fourth-order valence-corrected chi connectivity index (χ4v) is 2.45. The minimum absolute atomic E-state index is 0.196. The van der Waals surface area contributed by atoms with Crippen molar-refractivity contribution in [3.63, 3.8) is 0 Å². The van der Waals surface area contributed by atoms with Crippen LogP contribution in [0.25, 0.3) is 22.4 Å². The fourth-order valence-electron chi connectivity index (χ4n) is 2.45. The van der Waals surface area contributed by atoms with E-state index in [4.69, 9.17) is 5.73 Å². The number of halogens is 1. The van der Waals surface area contributed by atoms with Crippen LogP contribution in [0.1, 0.15) is 11.3 Å². The largest absolute Gasteiger partial charge is 0.368 e. The van der Waals surface area contributed by atoms with E-state index in [1.165, 1.54) is 6.07 Å². The quantitative estimate of drug-likeness (QED) is 0.785. The molecule has 1 aromatic carbocycles. The van der Waals surface area contributed by atoms with Crippen LogP contribution in [-0.4, -0.2) is 15.0 Å². The van der Waals surface area contributed by atoms with Crippen molar-refractivity contribution in [1.29, 1.82) is 0 Å². The molecule has 3 rings (SSSR count). The highest BCUT2D eigenvalue weighted by Gasteiger charge is 2.15. The van der Waals surface area contributed by atoms with Gasteiger partial charge in [0, 0.05) is 29.1 Å². The average molecular weight is 294 g/mol. The summed E-state index contributed by atoms with van der Waals surface area (Å²) >= 11 is 0. The molecule has 0 bridgehead atoms. The maximum atomic E-state index is 13.5. The van der Waals surface area contributed by atoms with Crippen LogP contribution < -0.4 is 5.73 Å². The first kappa shape index (κ1) is 14.1. The lowest BCUT2D eigenvalue weighted by Gasteiger charge is -2.13. The van der Waals surface area contributed by atoms with Crippen molar-refractivity contribution >= 4 is 5.95 Å². The highest BCUT2D eigenvalue weighted by Crippen LogP contribution is 2.33. The zero-order valence-electron chi connectivity index (χ0n) is 12.3. The number of nitrogens with zero attached hydrogens (tertiary/aromatic N) is 3. The van der Waals surface area contributed by atoms with Gasteiger partial charge in [-0.25, -0.2) is 14.4 Å². The van der Waals surface area contributed by atoms with Crippen molar-refractivity contribution in [2.45, 2.75) is 13.8 Å². The van der Waals surface area contributed by atoms with Gasteiger partial charge in [0.1, 0.15) is 5.82 Å². The van der Waals surface area contributed by atoms with Gasteiger partial charge < -0.3 is 5.73 Å². The number of aromatic nitrogens is 3. The van der Waals surface area contributed by atoms with Crippen molar-refractivity contribution < 1.29 is 4.39 Å². The van der Waals surface area contributed by atoms with E-state index in [-0.39, 0.29) is 11.8 Å². The molecule has 0 amide bonds. The third-order valence-corrected chi connectivity index (χ3v) is 3.49. The second-order valence-corrected chi connectivity index (χ2v) is 5.10. The highest BCUT2D eigenvalue weighted by atomic mass is 19.1. The highest BCUT2D eigenvalue weighted by molar-refractivity contribution is 5.82. The number of benzene rings is 1.